The van der Waals surface area contributed by atoms with E-state index in [-0.39, 0.29) is 4.90 Å². The Balaban J connectivity index is 1.45. The van der Waals surface area contributed by atoms with Crippen molar-refractivity contribution in [2.45, 2.75) is 4.90 Å². The standard InChI is InChI=1S/C20H21N5O3S/c1-28-18-7-2-3-8-19(18)29(26,27)25-14-12-24(13-15-25)20-10-9-17(22-23-20)16-6-4-5-11-21-16/h2-11H,12-15H2,1H3. The van der Waals surface area contributed by atoms with Crippen LogP contribution in [0.5, 0.6) is 5.75 Å². The Morgan fingerprint density at radius 2 is 1.62 bits per heavy atom. The first-order valence-electron chi connectivity index (χ1n) is 9.23. The van der Waals surface area contributed by atoms with Crippen LogP contribution in [0.4, 0.5) is 5.82 Å². The van der Waals surface area contributed by atoms with Gasteiger partial charge in [-0.1, -0.05) is 18.2 Å². The van der Waals surface area contributed by atoms with Crippen LogP contribution < -0.4 is 9.64 Å². The van der Waals surface area contributed by atoms with Gasteiger partial charge in [0.2, 0.25) is 10.0 Å². The van der Waals surface area contributed by atoms with Crippen LogP contribution in [0.25, 0.3) is 11.4 Å². The number of nitrogens with zero attached hydrogens (tertiary/aromatic N) is 5. The third-order valence-electron chi connectivity index (χ3n) is 4.83. The van der Waals surface area contributed by atoms with Gasteiger partial charge in [0, 0.05) is 32.4 Å². The number of ether oxygens (including phenoxy) is 1. The van der Waals surface area contributed by atoms with Crippen molar-refractivity contribution in [3.63, 3.8) is 0 Å². The maximum Gasteiger partial charge on any atom is 0.246 e. The van der Waals surface area contributed by atoms with Crippen LogP contribution >= 0.6 is 0 Å². The Labute approximate surface area is 169 Å². The first-order chi connectivity index (χ1) is 14.1. The lowest BCUT2D eigenvalue weighted by atomic mass is 10.2. The molecule has 1 aliphatic heterocycles. The topological polar surface area (TPSA) is 88.5 Å². The maximum absolute atomic E-state index is 13.0. The average molecular weight is 411 g/mol. The molecule has 1 saturated heterocycles. The van der Waals surface area contributed by atoms with E-state index in [9.17, 15) is 8.42 Å². The highest BCUT2D eigenvalue weighted by molar-refractivity contribution is 7.89. The van der Waals surface area contributed by atoms with Crippen LogP contribution in [-0.2, 0) is 10.0 Å². The number of rotatable bonds is 5. The molecule has 150 valence electrons. The largest absolute Gasteiger partial charge is 0.495 e. The van der Waals surface area contributed by atoms with Gasteiger partial charge in [-0.3, -0.25) is 4.98 Å². The molecule has 2 aromatic heterocycles. The number of benzene rings is 1. The van der Waals surface area contributed by atoms with E-state index in [4.69, 9.17) is 4.74 Å². The monoisotopic (exact) mass is 411 g/mol. The van der Waals surface area contributed by atoms with Crippen molar-refractivity contribution in [3.8, 4) is 17.1 Å². The van der Waals surface area contributed by atoms with Gasteiger partial charge in [0.05, 0.1) is 12.8 Å². The molecule has 29 heavy (non-hydrogen) atoms. The van der Waals surface area contributed by atoms with Gasteiger partial charge in [-0.15, -0.1) is 10.2 Å². The fraction of sp³-hybridized carbons (Fsp3) is 0.250. The predicted octanol–water partition coefficient (Wildman–Crippen LogP) is 2.06. The van der Waals surface area contributed by atoms with E-state index in [0.717, 1.165) is 11.5 Å². The fourth-order valence-corrected chi connectivity index (χ4v) is 4.85. The summed E-state index contributed by atoms with van der Waals surface area (Å²) in [5.41, 5.74) is 1.46. The summed E-state index contributed by atoms with van der Waals surface area (Å²) in [4.78, 5) is 6.49. The highest BCUT2D eigenvalue weighted by atomic mass is 32.2. The molecule has 0 spiro atoms. The lowest BCUT2D eigenvalue weighted by Gasteiger charge is -2.34. The summed E-state index contributed by atoms with van der Waals surface area (Å²) in [6, 6.07) is 16.1. The van der Waals surface area contributed by atoms with Crippen LogP contribution in [0.1, 0.15) is 0 Å². The van der Waals surface area contributed by atoms with E-state index >= 15 is 0 Å². The van der Waals surface area contributed by atoms with Crippen molar-refractivity contribution in [2.24, 2.45) is 0 Å². The van der Waals surface area contributed by atoms with Crippen LogP contribution in [0.15, 0.2) is 65.7 Å². The first kappa shape index (κ1) is 19.3. The molecule has 0 bridgehead atoms. The van der Waals surface area contributed by atoms with Crippen LogP contribution in [0.3, 0.4) is 0 Å². The third-order valence-corrected chi connectivity index (χ3v) is 6.77. The van der Waals surface area contributed by atoms with Crippen molar-refractivity contribution in [2.75, 3.05) is 38.2 Å². The summed E-state index contributed by atoms with van der Waals surface area (Å²) in [5, 5.41) is 8.56. The third kappa shape index (κ3) is 3.92. The Morgan fingerprint density at radius 3 is 2.28 bits per heavy atom. The number of piperazine rings is 1. The molecule has 0 amide bonds. The lowest BCUT2D eigenvalue weighted by molar-refractivity contribution is 0.373. The summed E-state index contributed by atoms with van der Waals surface area (Å²) in [7, 11) is -2.14. The van der Waals surface area contributed by atoms with Crippen molar-refractivity contribution >= 4 is 15.8 Å². The minimum Gasteiger partial charge on any atom is -0.495 e. The van der Waals surface area contributed by atoms with Gasteiger partial charge >= 0.3 is 0 Å². The van der Waals surface area contributed by atoms with E-state index in [1.165, 1.54) is 11.4 Å². The van der Waals surface area contributed by atoms with E-state index in [2.05, 4.69) is 15.2 Å². The number of hydrogen-bond donors (Lipinski definition) is 0. The lowest BCUT2D eigenvalue weighted by Crippen LogP contribution is -2.49. The molecule has 1 aromatic carbocycles. The molecule has 0 unspecified atom stereocenters. The van der Waals surface area contributed by atoms with E-state index < -0.39 is 10.0 Å². The summed E-state index contributed by atoms with van der Waals surface area (Å²) < 4.78 is 32.7. The molecule has 0 radical (unpaired) electrons. The Hall–Kier alpha value is -3.04. The van der Waals surface area contributed by atoms with Crippen molar-refractivity contribution in [1.29, 1.82) is 0 Å². The van der Waals surface area contributed by atoms with E-state index in [0.29, 0.717) is 37.6 Å². The van der Waals surface area contributed by atoms with Gasteiger partial charge in [-0.05, 0) is 36.4 Å². The molecule has 3 heterocycles. The van der Waals surface area contributed by atoms with E-state index in [1.54, 1.807) is 30.5 Å². The first-order valence-corrected chi connectivity index (χ1v) is 10.7. The minimum absolute atomic E-state index is 0.190. The van der Waals surface area contributed by atoms with E-state index in [1.807, 2.05) is 35.2 Å². The number of hydrogen-bond acceptors (Lipinski definition) is 7. The number of anilines is 1. The highest BCUT2D eigenvalue weighted by Crippen LogP contribution is 2.27. The molecule has 0 saturated carbocycles. The van der Waals surface area contributed by atoms with Gasteiger partial charge < -0.3 is 9.64 Å². The Kier molecular flexibility index (Phi) is 5.41. The molecule has 1 fully saturated rings. The minimum atomic E-state index is -3.62. The molecular weight excluding hydrogens is 390 g/mol. The number of sulfonamides is 1. The Bertz CT molecular complexity index is 1070. The van der Waals surface area contributed by atoms with Crippen molar-refractivity contribution < 1.29 is 13.2 Å². The second-order valence-corrected chi connectivity index (χ2v) is 8.44. The average Bonchev–Trinajstić information content (AvgIpc) is 2.80. The molecule has 8 nitrogen and oxygen atoms in total. The molecule has 3 aromatic rings. The molecule has 9 heteroatoms. The zero-order valence-electron chi connectivity index (χ0n) is 16.0. The molecule has 0 N–H and O–H groups in total. The summed E-state index contributed by atoms with van der Waals surface area (Å²) in [6.45, 7) is 1.80. The Morgan fingerprint density at radius 1 is 0.862 bits per heavy atom. The van der Waals surface area contributed by atoms with Gasteiger partial charge in [0.25, 0.3) is 0 Å². The summed E-state index contributed by atoms with van der Waals surface area (Å²) in [6.07, 6.45) is 1.71. The van der Waals surface area contributed by atoms with Gasteiger partial charge in [-0.25, -0.2) is 8.42 Å². The molecule has 4 rings (SSSR count). The highest BCUT2D eigenvalue weighted by Gasteiger charge is 2.31. The number of methoxy groups -OCH3 is 1. The summed E-state index contributed by atoms with van der Waals surface area (Å²) in [5.74, 6) is 1.07. The maximum atomic E-state index is 13.0. The van der Waals surface area contributed by atoms with Crippen LogP contribution in [-0.4, -0.2) is 61.2 Å². The number of pyridine rings is 1. The molecule has 1 aliphatic rings. The number of para-hydroxylation sites is 1. The zero-order valence-corrected chi connectivity index (χ0v) is 16.8. The van der Waals surface area contributed by atoms with Crippen molar-refractivity contribution in [1.82, 2.24) is 19.5 Å². The number of aromatic nitrogens is 3. The zero-order chi connectivity index (χ0) is 20.3. The van der Waals surface area contributed by atoms with Crippen LogP contribution in [0.2, 0.25) is 0 Å². The smallest absolute Gasteiger partial charge is 0.246 e. The molecule has 0 aliphatic carbocycles. The quantitative estimate of drug-likeness (QED) is 0.635. The summed E-state index contributed by atoms with van der Waals surface area (Å²) >= 11 is 0. The predicted molar refractivity (Wildman–Crippen MR) is 109 cm³/mol. The fourth-order valence-electron chi connectivity index (χ4n) is 3.27. The van der Waals surface area contributed by atoms with Gasteiger partial charge in [0.1, 0.15) is 16.3 Å². The second kappa shape index (κ2) is 8.14. The van der Waals surface area contributed by atoms with Crippen LogP contribution in [0, 0.1) is 0 Å². The van der Waals surface area contributed by atoms with Gasteiger partial charge in [-0.2, -0.15) is 4.31 Å². The SMILES string of the molecule is COc1ccccc1S(=O)(=O)N1CCN(c2ccc(-c3ccccn3)nn2)CC1. The normalized spacial score (nSPS) is 15.3. The second-order valence-electron chi connectivity index (χ2n) is 6.53. The van der Waals surface area contributed by atoms with Crippen molar-refractivity contribution in [3.05, 3.63) is 60.8 Å². The molecular formula is C20H21N5O3S. The molecule has 0 atom stereocenters. The van der Waals surface area contributed by atoms with Gasteiger partial charge in [0.15, 0.2) is 5.82 Å².